The van der Waals surface area contributed by atoms with E-state index in [1.54, 1.807) is 11.8 Å². The zero-order valence-corrected chi connectivity index (χ0v) is 8.24. The Morgan fingerprint density at radius 3 is 2.69 bits per heavy atom. The van der Waals surface area contributed by atoms with E-state index in [1.807, 2.05) is 6.26 Å². The molecule has 1 amide bonds. The fourth-order valence-electron chi connectivity index (χ4n) is 0.685. The minimum atomic E-state index is -2.52. The SMILES string of the molecule is CSCC[C@H](N)C(=O)NCC(F)F. The van der Waals surface area contributed by atoms with Gasteiger partial charge >= 0.3 is 0 Å². The Kier molecular flexibility index (Phi) is 6.89. The third-order valence-electron chi connectivity index (χ3n) is 1.40. The molecule has 1 atom stereocenters. The second-order valence-electron chi connectivity index (χ2n) is 2.52. The van der Waals surface area contributed by atoms with Crippen molar-refractivity contribution in [3.63, 3.8) is 0 Å². The Bertz CT molecular complexity index is 157. The molecule has 0 radical (unpaired) electrons. The number of nitrogens with one attached hydrogen (secondary N) is 1. The molecule has 3 N–H and O–H groups in total. The fourth-order valence-corrected chi connectivity index (χ4v) is 1.17. The van der Waals surface area contributed by atoms with Gasteiger partial charge in [-0.1, -0.05) is 0 Å². The molecule has 3 nitrogen and oxygen atoms in total. The van der Waals surface area contributed by atoms with Crippen molar-refractivity contribution in [1.82, 2.24) is 5.32 Å². The van der Waals surface area contributed by atoms with Gasteiger partial charge in [0, 0.05) is 0 Å². The van der Waals surface area contributed by atoms with E-state index in [1.165, 1.54) is 0 Å². The number of thioether (sulfide) groups is 1. The largest absolute Gasteiger partial charge is 0.349 e. The van der Waals surface area contributed by atoms with Crippen molar-refractivity contribution < 1.29 is 13.6 Å². The lowest BCUT2D eigenvalue weighted by molar-refractivity contribution is -0.123. The first-order valence-electron chi connectivity index (χ1n) is 3.88. The Morgan fingerprint density at radius 1 is 1.62 bits per heavy atom. The standard InChI is InChI=1S/C7H14F2N2OS/c1-13-3-2-5(10)7(12)11-4-6(8)9/h5-6H,2-4,10H2,1H3,(H,11,12)/t5-/m0/s1. The van der Waals surface area contributed by atoms with Crippen LogP contribution in [0.3, 0.4) is 0 Å². The van der Waals surface area contributed by atoms with E-state index in [2.05, 4.69) is 5.32 Å². The highest BCUT2D eigenvalue weighted by atomic mass is 32.2. The van der Waals surface area contributed by atoms with Crippen molar-refractivity contribution in [1.29, 1.82) is 0 Å². The zero-order chi connectivity index (χ0) is 10.3. The lowest BCUT2D eigenvalue weighted by Gasteiger charge is -2.10. The van der Waals surface area contributed by atoms with E-state index >= 15 is 0 Å². The molecule has 0 aliphatic rings. The van der Waals surface area contributed by atoms with Crippen LogP contribution in [0, 0.1) is 0 Å². The molecule has 6 heteroatoms. The van der Waals surface area contributed by atoms with Crippen molar-refractivity contribution >= 4 is 17.7 Å². The molecule has 0 aromatic heterocycles. The van der Waals surface area contributed by atoms with E-state index < -0.39 is 24.9 Å². The number of hydrogen-bond donors (Lipinski definition) is 2. The van der Waals surface area contributed by atoms with Crippen LogP contribution in [0.1, 0.15) is 6.42 Å². The summed E-state index contributed by atoms with van der Waals surface area (Å²) in [5.41, 5.74) is 5.42. The van der Waals surface area contributed by atoms with Crippen molar-refractivity contribution in [2.24, 2.45) is 5.73 Å². The molecule has 0 aromatic carbocycles. The summed E-state index contributed by atoms with van der Waals surface area (Å²) in [6, 6.07) is -0.675. The number of halogens is 2. The molecule has 0 saturated carbocycles. The molecule has 0 bridgehead atoms. The van der Waals surface area contributed by atoms with Gasteiger partial charge in [-0.15, -0.1) is 0 Å². The van der Waals surface area contributed by atoms with Crippen LogP contribution in [0.4, 0.5) is 8.78 Å². The number of alkyl halides is 2. The van der Waals surface area contributed by atoms with Gasteiger partial charge in [0.1, 0.15) is 0 Å². The van der Waals surface area contributed by atoms with E-state index in [0.717, 1.165) is 5.75 Å². The highest BCUT2D eigenvalue weighted by Crippen LogP contribution is 1.98. The monoisotopic (exact) mass is 212 g/mol. The third kappa shape index (κ3) is 6.77. The first kappa shape index (κ1) is 12.6. The number of hydrogen-bond acceptors (Lipinski definition) is 3. The molecule has 0 aromatic rings. The van der Waals surface area contributed by atoms with Crippen LogP contribution in [-0.4, -0.2) is 36.9 Å². The number of rotatable bonds is 6. The minimum Gasteiger partial charge on any atom is -0.349 e. The predicted octanol–water partition coefficient (Wildman–Crippen LogP) is 0.448. The molecule has 0 saturated heterocycles. The van der Waals surface area contributed by atoms with E-state index in [0.29, 0.717) is 6.42 Å². The zero-order valence-electron chi connectivity index (χ0n) is 7.43. The summed E-state index contributed by atoms with van der Waals surface area (Å²) >= 11 is 1.56. The molecule has 13 heavy (non-hydrogen) atoms. The highest BCUT2D eigenvalue weighted by Gasteiger charge is 2.13. The van der Waals surface area contributed by atoms with Crippen LogP contribution < -0.4 is 11.1 Å². The van der Waals surface area contributed by atoms with E-state index in [4.69, 9.17) is 5.73 Å². The molecular formula is C7H14F2N2OS. The summed E-state index contributed by atoms with van der Waals surface area (Å²) in [4.78, 5) is 11.0. The second-order valence-corrected chi connectivity index (χ2v) is 3.51. The van der Waals surface area contributed by atoms with Gasteiger partial charge in [-0.25, -0.2) is 8.78 Å². The first-order chi connectivity index (χ1) is 6.07. The molecule has 0 aliphatic carbocycles. The van der Waals surface area contributed by atoms with Crippen LogP contribution in [0.2, 0.25) is 0 Å². The smallest absolute Gasteiger partial charge is 0.255 e. The van der Waals surface area contributed by atoms with Gasteiger partial charge in [-0.05, 0) is 18.4 Å². The first-order valence-corrected chi connectivity index (χ1v) is 5.27. The maximum Gasteiger partial charge on any atom is 0.255 e. The van der Waals surface area contributed by atoms with E-state index in [9.17, 15) is 13.6 Å². The molecule has 0 unspecified atom stereocenters. The number of carbonyl (C=O) groups is 1. The molecule has 0 aliphatic heterocycles. The summed E-state index contributed by atoms with van der Waals surface area (Å²) in [5, 5.41) is 2.07. The second kappa shape index (κ2) is 7.08. The number of nitrogens with two attached hydrogens (primary N) is 1. The van der Waals surface area contributed by atoms with Gasteiger partial charge < -0.3 is 11.1 Å². The Hall–Kier alpha value is -0.360. The quantitative estimate of drug-likeness (QED) is 0.672. The van der Waals surface area contributed by atoms with Crippen LogP contribution in [0.15, 0.2) is 0 Å². The summed E-state index contributed by atoms with van der Waals surface area (Å²) in [6.45, 7) is -0.619. The van der Waals surface area contributed by atoms with Crippen molar-refractivity contribution in [3.8, 4) is 0 Å². The average molecular weight is 212 g/mol. The van der Waals surface area contributed by atoms with Gasteiger partial charge in [-0.2, -0.15) is 11.8 Å². The normalized spacial score (nSPS) is 13.0. The lowest BCUT2D eigenvalue weighted by atomic mass is 10.2. The van der Waals surface area contributed by atoms with E-state index in [-0.39, 0.29) is 0 Å². The summed E-state index contributed by atoms with van der Waals surface area (Å²) in [5.74, 6) is 0.248. The summed E-state index contributed by atoms with van der Waals surface area (Å²) in [7, 11) is 0. The van der Waals surface area contributed by atoms with Crippen LogP contribution >= 0.6 is 11.8 Å². The summed E-state index contributed by atoms with van der Waals surface area (Å²) in [6.07, 6.45) is -0.114. The summed E-state index contributed by atoms with van der Waals surface area (Å²) < 4.78 is 23.3. The molecule has 0 heterocycles. The number of amides is 1. The maximum absolute atomic E-state index is 11.7. The fraction of sp³-hybridized carbons (Fsp3) is 0.857. The Labute approximate surface area is 80.4 Å². The van der Waals surface area contributed by atoms with Gasteiger partial charge in [0.25, 0.3) is 6.43 Å². The third-order valence-corrected chi connectivity index (χ3v) is 2.04. The van der Waals surface area contributed by atoms with Gasteiger partial charge in [0.05, 0.1) is 12.6 Å². The Balaban J connectivity index is 3.57. The molecule has 0 fully saturated rings. The van der Waals surface area contributed by atoms with Gasteiger partial charge in [-0.3, -0.25) is 4.79 Å². The molecule has 78 valence electrons. The minimum absolute atomic E-state index is 0.505. The van der Waals surface area contributed by atoms with Gasteiger partial charge in [0.15, 0.2) is 0 Å². The van der Waals surface area contributed by atoms with Crippen molar-refractivity contribution in [3.05, 3.63) is 0 Å². The average Bonchev–Trinajstić information content (AvgIpc) is 2.10. The molecule has 0 spiro atoms. The molecule has 0 rings (SSSR count). The maximum atomic E-state index is 11.7. The van der Waals surface area contributed by atoms with Crippen molar-refractivity contribution in [2.45, 2.75) is 18.9 Å². The Morgan fingerprint density at radius 2 is 2.23 bits per heavy atom. The van der Waals surface area contributed by atoms with Crippen LogP contribution in [0.25, 0.3) is 0 Å². The predicted molar refractivity (Wildman–Crippen MR) is 50.0 cm³/mol. The van der Waals surface area contributed by atoms with Crippen LogP contribution in [-0.2, 0) is 4.79 Å². The van der Waals surface area contributed by atoms with Gasteiger partial charge in [0.2, 0.25) is 5.91 Å². The topological polar surface area (TPSA) is 55.1 Å². The van der Waals surface area contributed by atoms with Crippen molar-refractivity contribution in [2.75, 3.05) is 18.6 Å². The van der Waals surface area contributed by atoms with Crippen LogP contribution in [0.5, 0.6) is 0 Å². The molecular weight excluding hydrogens is 198 g/mol. The number of carbonyl (C=O) groups excluding carboxylic acids is 1. The highest BCUT2D eigenvalue weighted by molar-refractivity contribution is 7.98. The lowest BCUT2D eigenvalue weighted by Crippen LogP contribution is -2.42.